The number of benzene rings is 2. The van der Waals surface area contributed by atoms with Crippen LogP contribution in [0.1, 0.15) is 24.2 Å². The summed E-state index contributed by atoms with van der Waals surface area (Å²) in [6.45, 7) is 3.71. The predicted molar refractivity (Wildman–Crippen MR) is 90.3 cm³/mol. The normalized spacial score (nSPS) is 13.2. The Morgan fingerprint density at radius 1 is 1.13 bits per heavy atom. The molecule has 0 aliphatic heterocycles. The summed E-state index contributed by atoms with van der Waals surface area (Å²) < 4.78 is 5.58. The average molecular weight is 313 g/mol. The van der Waals surface area contributed by atoms with Crippen LogP contribution in [0.4, 0.5) is 0 Å². The summed E-state index contributed by atoms with van der Waals surface area (Å²) in [7, 11) is 1.68. The van der Waals surface area contributed by atoms with E-state index in [1.165, 1.54) is 4.90 Å². The number of aryl methyl sites for hydroxylation is 1. The molecule has 2 atom stereocenters. The minimum atomic E-state index is -0.733. The van der Waals surface area contributed by atoms with Gasteiger partial charge in [0, 0.05) is 7.05 Å². The predicted octanol–water partition coefficient (Wildman–Crippen LogP) is 2.95. The zero-order valence-corrected chi connectivity index (χ0v) is 13.8. The molecule has 2 aromatic carbocycles. The van der Waals surface area contributed by atoms with Gasteiger partial charge in [0.2, 0.25) is 0 Å². The number of rotatable bonds is 6. The Labute approximate surface area is 137 Å². The van der Waals surface area contributed by atoms with E-state index in [0.29, 0.717) is 5.75 Å². The highest BCUT2D eigenvalue weighted by Gasteiger charge is 2.24. The number of carbonyl (C=O) groups excluding carboxylic acids is 1. The van der Waals surface area contributed by atoms with Crippen LogP contribution < -0.4 is 4.74 Å². The molecule has 0 aromatic heterocycles. The van der Waals surface area contributed by atoms with Crippen LogP contribution in [0.5, 0.6) is 5.75 Å². The van der Waals surface area contributed by atoms with Gasteiger partial charge in [-0.25, -0.2) is 0 Å². The Kier molecular flexibility index (Phi) is 5.77. The molecule has 1 N–H and O–H groups in total. The van der Waals surface area contributed by atoms with Crippen molar-refractivity contribution in [1.29, 1.82) is 0 Å². The monoisotopic (exact) mass is 313 g/mol. The second-order valence-electron chi connectivity index (χ2n) is 5.65. The van der Waals surface area contributed by atoms with Crippen molar-refractivity contribution in [1.82, 2.24) is 4.90 Å². The Morgan fingerprint density at radius 3 is 2.39 bits per heavy atom. The van der Waals surface area contributed by atoms with E-state index in [2.05, 4.69) is 0 Å². The van der Waals surface area contributed by atoms with Crippen LogP contribution in [0.3, 0.4) is 0 Å². The fourth-order valence-electron chi connectivity index (χ4n) is 2.33. The zero-order valence-electron chi connectivity index (χ0n) is 13.8. The standard InChI is InChI=1S/C19H23NO3/c1-14-9-7-8-12-17(14)23-13-18(21)20(3)15(2)19(22)16-10-5-4-6-11-16/h4-12,15,19,22H,13H2,1-3H3. The number of hydrogen-bond acceptors (Lipinski definition) is 3. The highest BCUT2D eigenvalue weighted by Crippen LogP contribution is 2.20. The lowest BCUT2D eigenvalue weighted by molar-refractivity contribution is -0.136. The van der Waals surface area contributed by atoms with E-state index in [1.807, 2.05) is 68.4 Å². The van der Waals surface area contributed by atoms with Gasteiger partial charge in [0.05, 0.1) is 12.1 Å². The minimum Gasteiger partial charge on any atom is -0.484 e. The maximum atomic E-state index is 12.3. The number of nitrogens with zero attached hydrogens (tertiary/aromatic N) is 1. The van der Waals surface area contributed by atoms with Gasteiger partial charge < -0.3 is 14.7 Å². The Morgan fingerprint density at radius 2 is 1.74 bits per heavy atom. The van der Waals surface area contributed by atoms with Crippen LogP contribution in [-0.2, 0) is 4.79 Å². The summed E-state index contributed by atoms with van der Waals surface area (Å²) >= 11 is 0. The first-order valence-corrected chi connectivity index (χ1v) is 7.68. The van der Waals surface area contributed by atoms with Crippen molar-refractivity contribution in [3.8, 4) is 5.75 Å². The molecule has 4 heteroatoms. The SMILES string of the molecule is Cc1ccccc1OCC(=O)N(C)C(C)C(O)c1ccccc1. The molecular formula is C19H23NO3. The van der Waals surface area contributed by atoms with Crippen LogP contribution in [0.2, 0.25) is 0 Å². The molecule has 4 nitrogen and oxygen atoms in total. The van der Waals surface area contributed by atoms with Crippen LogP contribution >= 0.6 is 0 Å². The van der Waals surface area contributed by atoms with Gasteiger partial charge in [-0.15, -0.1) is 0 Å². The lowest BCUT2D eigenvalue weighted by Crippen LogP contribution is -2.41. The summed E-state index contributed by atoms with van der Waals surface area (Å²) in [6.07, 6.45) is -0.733. The molecule has 1 amide bonds. The minimum absolute atomic E-state index is 0.0484. The van der Waals surface area contributed by atoms with E-state index in [9.17, 15) is 9.90 Å². The Hall–Kier alpha value is -2.33. The first-order valence-electron chi connectivity index (χ1n) is 7.68. The summed E-state index contributed by atoms with van der Waals surface area (Å²) in [5, 5.41) is 10.4. The third-order valence-electron chi connectivity index (χ3n) is 4.05. The summed E-state index contributed by atoms with van der Waals surface area (Å²) in [4.78, 5) is 13.8. The molecule has 2 aromatic rings. The lowest BCUT2D eigenvalue weighted by Gasteiger charge is -2.29. The highest BCUT2D eigenvalue weighted by atomic mass is 16.5. The van der Waals surface area contributed by atoms with Gasteiger partial charge in [-0.3, -0.25) is 4.79 Å². The van der Waals surface area contributed by atoms with E-state index in [1.54, 1.807) is 7.05 Å². The third kappa shape index (κ3) is 4.33. The second-order valence-corrected chi connectivity index (χ2v) is 5.65. The van der Waals surface area contributed by atoms with Crippen LogP contribution in [0, 0.1) is 6.92 Å². The number of carbonyl (C=O) groups is 1. The van der Waals surface area contributed by atoms with E-state index < -0.39 is 6.10 Å². The second kappa shape index (κ2) is 7.79. The van der Waals surface area contributed by atoms with Gasteiger partial charge in [0.25, 0.3) is 5.91 Å². The number of amides is 1. The van der Waals surface area contributed by atoms with Crippen molar-refractivity contribution >= 4 is 5.91 Å². The lowest BCUT2D eigenvalue weighted by atomic mass is 10.0. The summed E-state index contributed by atoms with van der Waals surface area (Å²) in [5.74, 6) is 0.529. The summed E-state index contributed by atoms with van der Waals surface area (Å²) in [5.41, 5.74) is 1.78. The van der Waals surface area contributed by atoms with E-state index in [-0.39, 0.29) is 18.6 Å². The van der Waals surface area contributed by atoms with Gasteiger partial charge >= 0.3 is 0 Å². The molecule has 2 unspecified atom stereocenters. The van der Waals surface area contributed by atoms with Crippen molar-refractivity contribution < 1.29 is 14.6 Å². The first kappa shape index (κ1) is 17.0. The summed E-state index contributed by atoms with van der Waals surface area (Å²) in [6, 6.07) is 16.6. The van der Waals surface area contributed by atoms with Gasteiger partial charge in [-0.05, 0) is 31.0 Å². The van der Waals surface area contributed by atoms with Crippen molar-refractivity contribution in [3.05, 3.63) is 65.7 Å². The van der Waals surface area contributed by atoms with Crippen LogP contribution in [0.25, 0.3) is 0 Å². The molecule has 0 saturated heterocycles. The first-order chi connectivity index (χ1) is 11.0. The number of aliphatic hydroxyl groups excluding tert-OH is 1. The molecule has 23 heavy (non-hydrogen) atoms. The average Bonchev–Trinajstić information content (AvgIpc) is 2.59. The highest BCUT2D eigenvalue weighted by molar-refractivity contribution is 5.78. The molecule has 2 rings (SSSR count). The van der Waals surface area contributed by atoms with Crippen molar-refractivity contribution in [2.24, 2.45) is 0 Å². The van der Waals surface area contributed by atoms with Crippen LogP contribution in [0.15, 0.2) is 54.6 Å². The van der Waals surface area contributed by atoms with Crippen molar-refractivity contribution in [2.45, 2.75) is 26.0 Å². The molecular weight excluding hydrogens is 290 g/mol. The molecule has 122 valence electrons. The Balaban J connectivity index is 1.95. The fraction of sp³-hybridized carbons (Fsp3) is 0.316. The molecule has 0 aliphatic rings. The number of aliphatic hydroxyl groups is 1. The molecule has 0 radical (unpaired) electrons. The number of ether oxygens (including phenoxy) is 1. The fourth-order valence-corrected chi connectivity index (χ4v) is 2.33. The van der Waals surface area contributed by atoms with Gasteiger partial charge in [-0.2, -0.15) is 0 Å². The molecule has 0 bridgehead atoms. The smallest absolute Gasteiger partial charge is 0.260 e. The van der Waals surface area contributed by atoms with E-state index >= 15 is 0 Å². The van der Waals surface area contributed by atoms with E-state index in [0.717, 1.165) is 11.1 Å². The molecule has 0 heterocycles. The van der Waals surface area contributed by atoms with Crippen molar-refractivity contribution in [3.63, 3.8) is 0 Å². The van der Waals surface area contributed by atoms with Crippen molar-refractivity contribution in [2.75, 3.05) is 13.7 Å². The maximum absolute atomic E-state index is 12.3. The van der Waals surface area contributed by atoms with Crippen LogP contribution in [-0.4, -0.2) is 35.6 Å². The van der Waals surface area contributed by atoms with Gasteiger partial charge in [-0.1, -0.05) is 48.5 Å². The Bertz CT molecular complexity index is 642. The maximum Gasteiger partial charge on any atom is 0.260 e. The largest absolute Gasteiger partial charge is 0.484 e. The number of para-hydroxylation sites is 1. The number of hydrogen-bond donors (Lipinski definition) is 1. The zero-order chi connectivity index (χ0) is 16.8. The van der Waals surface area contributed by atoms with E-state index in [4.69, 9.17) is 4.74 Å². The third-order valence-corrected chi connectivity index (χ3v) is 4.05. The van der Waals surface area contributed by atoms with Gasteiger partial charge in [0.15, 0.2) is 6.61 Å². The number of likely N-dealkylation sites (N-methyl/N-ethyl adjacent to an activating group) is 1. The molecule has 0 fully saturated rings. The molecule has 0 saturated carbocycles. The molecule has 0 spiro atoms. The molecule has 0 aliphatic carbocycles. The van der Waals surface area contributed by atoms with Gasteiger partial charge in [0.1, 0.15) is 5.75 Å². The quantitative estimate of drug-likeness (QED) is 0.892. The topological polar surface area (TPSA) is 49.8 Å².